The molecule has 0 radical (unpaired) electrons. The van der Waals surface area contributed by atoms with E-state index in [2.05, 4.69) is 21.4 Å². The van der Waals surface area contributed by atoms with Crippen LogP contribution in [0.4, 0.5) is 9.59 Å². The van der Waals surface area contributed by atoms with Gasteiger partial charge in [0.15, 0.2) is 0 Å². The summed E-state index contributed by atoms with van der Waals surface area (Å²) in [5.74, 6) is -0.732. The van der Waals surface area contributed by atoms with E-state index in [1.54, 1.807) is 6.92 Å². The smallest absolute Gasteiger partial charge is 0.407 e. The Balaban J connectivity index is 3.55. The number of carbonyl (C=O) groups is 3. The zero-order valence-electron chi connectivity index (χ0n) is 10.7. The predicted octanol–water partition coefficient (Wildman–Crippen LogP) is 0.173. The molecule has 1 unspecified atom stereocenters. The topological polar surface area (TPSA) is 117 Å². The van der Waals surface area contributed by atoms with Crippen molar-refractivity contribution >= 4 is 18.2 Å². The number of nitrogens with one attached hydrogen (secondary N) is 1. The number of amides is 2. The molecule has 19 heavy (non-hydrogen) atoms. The molecule has 2 amide bonds. The average Bonchev–Trinajstić information content (AvgIpc) is 2.38. The minimum Gasteiger partial charge on any atom is -0.461 e. The van der Waals surface area contributed by atoms with Crippen LogP contribution in [-0.4, -0.2) is 44.5 Å². The highest BCUT2D eigenvalue weighted by molar-refractivity contribution is 5.81. The second kappa shape index (κ2) is 9.75. The van der Waals surface area contributed by atoms with Gasteiger partial charge in [0.2, 0.25) is 0 Å². The molecule has 0 saturated carbocycles. The molecule has 0 aliphatic heterocycles. The van der Waals surface area contributed by atoms with E-state index >= 15 is 0 Å². The van der Waals surface area contributed by atoms with Crippen molar-refractivity contribution in [2.75, 3.05) is 26.4 Å². The SMILES string of the molecule is C=CC(=O)OCCNC(=O)OCC(C)COC(N)=O. The van der Waals surface area contributed by atoms with E-state index in [1.165, 1.54) is 0 Å². The third-order valence-corrected chi connectivity index (χ3v) is 1.79. The van der Waals surface area contributed by atoms with Crippen LogP contribution in [0.5, 0.6) is 0 Å². The largest absolute Gasteiger partial charge is 0.461 e. The molecule has 0 aromatic rings. The minimum absolute atomic E-state index is 0.0281. The van der Waals surface area contributed by atoms with Crippen molar-refractivity contribution < 1.29 is 28.6 Å². The highest BCUT2D eigenvalue weighted by atomic mass is 16.6. The van der Waals surface area contributed by atoms with Crippen LogP contribution >= 0.6 is 0 Å². The van der Waals surface area contributed by atoms with Crippen molar-refractivity contribution in [3.63, 3.8) is 0 Å². The van der Waals surface area contributed by atoms with Gasteiger partial charge in [0.05, 0.1) is 19.8 Å². The molecule has 0 aromatic heterocycles. The molecule has 0 aliphatic carbocycles. The summed E-state index contributed by atoms with van der Waals surface area (Å²) in [4.78, 5) is 32.2. The first-order valence-corrected chi connectivity index (χ1v) is 5.57. The molecule has 0 saturated heterocycles. The maximum atomic E-state index is 11.2. The number of ether oxygens (including phenoxy) is 3. The predicted molar refractivity (Wildman–Crippen MR) is 65.2 cm³/mol. The van der Waals surface area contributed by atoms with E-state index in [9.17, 15) is 14.4 Å². The molecule has 0 bridgehead atoms. The number of primary amides is 1. The Morgan fingerprint density at radius 1 is 1.26 bits per heavy atom. The number of carbonyl (C=O) groups excluding carboxylic acids is 3. The van der Waals surface area contributed by atoms with E-state index in [0.717, 1.165) is 6.08 Å². The maximum Gasteiger partial charge on any atom is 0.407 e. The molecule has 0 aromatic carbocycles. The van der Waals surface area contributed by atoms with Gasteiger partial charge in [0, 0.05) is 12.0 Å². The summed E-state index contributed by atoms with van der Waals surface area (Å²) in [5.41, 5.74) is 4.78. The first-order valence-electron chi connectivity index (χ1n) is 5.57. The van der Waals surface area contributed by atoms with Crippen LogP contribution in [0.3, 0.4) is 0 Å². The van der Waals surface area contributed by atoms with Crippen molar-refractivity contribution in [1.82, 2.24) is 5.32 Å². The fourth-order valence-electron chi connectivity index (χ4n) is 0.905. The van der Waals surface area contributed by atoms with E-state index in [-0.39, 0.29) is 32.3 Å². The Kier molecular flexibility index (Phi) is 8.59. The summed E-state index contributed by atoms with van der Waals surface area (Å²) >= 11 is 0. The molecule has 3 N–H and O–H groups in total. The zero-order chi connectivity index (χ0) is 14.7. The van der Waals surface area contributed by atoms with Crippen molar-refractivity contribution in [3.8, 4) is 0 Å². The molecule has 0 spiro atoms. The van der Waals surface area contributed by atoms with E-state index in [0.29, 0.717) is 0 Å². The van der Waals surface area contributed by atoms with Crippen LogP contribution in [0.2, 0.25) is 0 Å². The number of nitrogens with two attached hydrogens (primary N) is 1. The van der Waals surface area contributed by atoms with Crippen LogP contribution in [0.1, 0.15) is 6.92 Å². The summed E-state index contributed by atoms with van der Waals surface area (Å²) in [7, 11) is 0. The third-order valence-electron chi connectivity index (χ3n) is 1.79. The second-order valence-electron chi connectivity index (χ2n) is 3.63. The first-order chi connectivity index (χ1) is 8.95. The van der Waals surface area contributed by atoms with Crippen molar-refractivity contribution in [1.29, 1.82) is 0 Å². The van der Waals surface area contributed by atoms with Gasteiger partial charge in [-0.25, -0.2) is 14.4 Å². The normalized spacial score (nSPS) is 11.0. The Hall–Kier alpha value is -2.25. The quantitative estimate of drug-likeness (QED) is 0.282. The van der Waals surface area contributed by atoms with Crippen LogP contribution in [0.25, 0.3) is 0 Å². The molecule has 0 rings (SSSR count). The first kappa shape index (κ1) is 16.8. The molecule has 8 heteroatoms. The van der Waals surface area contributed by atoms with Gasteiger partial charge in [-0.2, -0.15) is 0 Å². The highest BCUT2D eigenvalue weighted by Gasteiger charge is 2.08. The summed E-state index contributed by atoms with van der Waals surface area (Å²) in [6, 6.07) is 0. The minimum atomic E-state index is -0.875. The molecule has 0 aliphatic rings. The number of hydrogen-bond donors (Lipinski definition) is 2. The molecule has 108 valence electrons. The van der Waals surface area contributed by atoms with Gasteiger partial charge in [-0.1, -0.05) is 13.5 Å². The number of rotatable bonds is 8. The Morgan fingerprint density at radius 3 is 2.47 bits per heavy atom. The van der Waals surface area contributed by atoms with Crippen LogP contribution in [-0.2, 0) is 19.0 Å². The number of alkyl carbamates (subject to hydrolysis) is 1. The van der Waals surface area contributed by atoms with Gasteiger partial charge in [-0.3, -0.25) is 0 Å². The van der Waals surface area contributed by atoms with Crippen molar-refractivity contribution in [2.24, 2.45) is 11.7 Å². The number of hydrogen-bond acceptors (Lipinski definition) is 6. The lowest BCUT2D eigenvalue weighted by Gasteiger charge is -2.12. The van der Waals surface area contributed by atoms with E-state index in [1.807, 2.05) is 0 Å². The molecular weight excluding hydrogens is 256 g/mol. The summed E-state index contributed by atoms with van der Waals surface area (Å²) in [6.45, 7) is 5.25. The Bertz CT molecular complexity index is 331. The highest BCUT2D eigenvalue weighted by Crippen LogP contribution is 1.97. The van der Waals surface area contributed by atoms with Crippen molar-refractivity contribution in [3.05, 3.63) is 12.7 Å². The number of esters is 1. The van der Waals surface area contributed by atoms with Gasteiger partial charge in [-0.05, 0) is 0 Å². The Morgan fingerprint density at radius 2 is 1.89 bits per heavy atom. The lowest BCUT2D eigenvalue weighted by molar-refractivity contribution is -0.137. The molecular formula is C11H18N2O6. The fraction of sp³-hybridized carbons (Fsp3) is 0.545. The molecule has 0 fully saturated rings. The molecule has 8 nitrogen and oxygen atoms in total. The van der Waals surface area contributed by atoms with Gasteiger partial charge in [0.25, 0.3) is 0 Å². The average molecular weight is 274 g/mol. The van der Waals surface area contributed by atoms with Gasteiger partial charge < -0.3 is 25.3 Å². The maximum absolute atomic E-state index is 11.2. The lowest BCUT2D eigenvalue weighted by atomic mass is 10.2. The van der Waals surface area contributed by atoms with Crippen LogP contribution in [0.15, 0.2) is 12.7 Å². The molecule has 1 atom stereocenters. The molecule has 0 heterocycles. The van der Waals surface area contributed by atoms with Gasteiger partial charge in [-0.15, -0.1) is 0 Å². The Labute approximate surface area is 110 Å². The van der Waals surface area contributed by atoms with Gasteiger partial charge >= 0.3 is 18.2 Å². The summed E-state index contributed by atoms with van der Waals surface area (Å²) in [6.07, 6.45) is -0.500. The van der Waals surface area contributed by atoms with E-state index < -0.39 is 18.2 Å². The lowest BCUT2D eigenvalue weighted by Crippen LogP contribution is -2.30. The third kappa shape index (κ3) is 10.6. The van der Waals surface area contributed by atoms with Gasteiger partial charge in [0.1, 0.15) is 6.61 Å². The summed E-state index contributed by atoms with van der Waals surface area (Å²) < 4.78 is 14.0. The van der Waals surface area contributed by atoms with Crippen LogP contribution in [0, 0.1) is 5.92 Å². The second-order valence-corrected chi connectivity index (χ2v) is 3.63. The fourth-order valence-corrected chi connectivity index (χ4v) is 0.905. The monoisotopic (exact) mass is 274 g/mol. The summed E-state index contributed by atoms with van der Waals surface area (Å²) in [5, 5.41) is 2.38. The standard InChI is InChI=1S/C11H18N2O6/c1-3-9(14)17-5-4-13-11(16)19-7-8(2)6-18-10(12)15/h3,8H,1,4-7H2,2H3,(H2,12,15)(H,13,16). The van der Waals surface area contributed by atoms with Crippen molar-refractivity contribution in [2.45, 2.75) is 6.92 Å². The van der Waals surface area contributed by atoms with Crippen LogP contribution < -0.4 is 11.1 Å². The zero-order valence-corrected chi connectivity index (χ0v) is 10.7. The van der Waals surface area contributed by atoms with E-state index in [4.69, 9.17) is 10.5 Å².